The van der Waals surface area contributed by atoms with Crippen molar-refractivity contribution in [1.82, 2.24) is 9.97 Å². The van der Waals surface area contributed by atoms with Crippen LogP contribution in [0.25, 0.3) is 22.0 Å². The van der Waals surface area contributed by atoms with Crippen LogP contribution in [0.15, 0.2) is 42.7 Å². The van der Waals surface area contributed by atoms with Gasteiger partial charge >= 0.3 is 0 Å². The summed E-state index contributed by atoms with van der Waals surface area (Å²) in [6.45, 7) is 6.65. The maximum Gasteiger partial charge on any atom is 0.252 e. The number of benzene rings is 1. The number of hydrogen-bond acceptors (Lipinski definition) is 5. The van der Waals surface area contributed by atoms with Crippen molar-refractivity contribution in [2.45, 2.75) is 51.9 Å². The van der Waals surface area contributed by atoms with E-state index in [9.17, 15) is 14.3 Å². The van der Waals surface area contributed by atoms with Crippen LogP contribution in [0.5, 0.6) is 0 Å². The van der Waals surface area contributed by atoms with Crippen molar-refractivity contribution in [3.05, 3.63) is 54.0 Å². The van der Waals surface area contributed by atoms with Crippen LogP contribution < -0.4 is 11.1 Å². The van der Waals surface area contributed by atoms with Crippen molar-refractivity contribution in [3.63, 3.8) is 0 Å². The van der Waals surface area contributed by atoms with Crippen molar-refractivity contribution in [1.29, 1.82) is 0 Å². The zero-order valence-corrected chi connectivity index (χ0v) is 17.6. The third-order valence-corrected chi connectivity index (χ3v) is 4.87. The van der Waals surface area contributed by atoms with E-state index in [0.29, 0.717) is 16.6 Å². The summed E-state index contributed by atoms with van der Waals surface area (Å²) in [5, 5.41) is 14.0. The number of amides is 1. The van der Waals surface area contributed by atoms with E-state index in [1.807, 2.05) is 44.2 Å². The molecule has 0 fully saturated rings. The summed E-state index contributed by atoms with van der Waals surface area (Å²) in [6, 6.07) is 9.44. The van der Waals surface area contributed by atoms with Crippen LogP contribution in [-0.4, -0.2) is 38.8 Å². The summed E-state index contributed by atoms with van der Waals surface area (Å²) < 4.78 is 14.6. The minimum absolute atomic E-state index is 0.000876. The molecule has 0 saturated carbocycles. The Morgan fingerprint density at radius 3 is 2.57 bits per heavy atom. The van der Waals surface area contributed by atoms with Crippen molar-refractivity contribution in [2.75, 3.05) is 5.32 Å². The number of carbonyl (C=O) groups is 1. The monoisotopic (exact) mass is 410 g/mol. The molecule has 0 bridgehead atoms. The molecule has 1 aromatic carbocycles. The summed E-state index contributed by atoms with van der Waals surface area (Å²) >= 11 is 0. The number of carbonyl (C=O) groups excluding carboxylic acids is 1. The first-order chi connectivity index (χ1) is 14.1. The number of hydrogen-bond donors (Lipinski definition) is 3. The molecule has 2 heterocycles. The van der Waals surface area contributed by atoms with E-state index in [4.69, 9.17) is 5.73 Å². The zero-order valence-electron chi connectivity index (χ0n) is 17.6. The number of nitrogens with zero attached hydrogens (tertiary/aromatic N) is 2. The topological polar surface area (TPSA) is 101 Å². The number of alkyl halides is 1. The molecule has 158 valence electrons. The number of primary amides is 1. The van der Waals surface area contributed by atoms with Gasteiger partial charge in [-0.3, -0.25) is 14.8 Å². The maximum atomic E-state index is 14.6. The van der Waals surface area contributed by atoms with E-state index >= 15 is 0 Å². The normalized spacial score (nSPS) is 12.9. The number of nitrogens with two attached hydrogens (primary N) is 1. The van der Waals surface area contributed by atoms with E-state index in [1.165, 1.54) is 13.8 Å². The molecule has 0 spiro atoms. The molecule has 1 amide bonds. The summed E-state index contributed by atoms with van der Waals surface area (Å²) in [4.78, 5) is 21.1. The van der Waals surface area contributed by atoms with E-state index in [1.54, 1.807) is 12.4 Å². The van der Waals surface area contributed by atoms with Gasteiger partial charge in [-0.25, -0.2) is 4.39 Å². The third-order valence-electron chi connectivity index (χ3n) is 4.87. The Hall–Kier alpha value is -3.06. The molecule has 0 aliphatic rings. The second-order valence-corrected chi connectivity index (χ2v) is 8.27. The fraction of sp³-hybridized carbons (Fsp3) is 0.348. The van der Waals surface area contributed by atoms with Crippen molar-refractivity contribution >= 4 is 22.5 Å². The Morgan fingerprint density at radius 2 is 2.00 bits per heavy atom. The van der Waals surface area contributed by atoms with Gasteiger partial charge in [0.2, 0.25) is 0 Å². The summed E-state index contributed by atoms with van der Waals surface area (Å²) in [5.41, 5.74) is 7.46. The van der Waals surface area contributed by atoms with Crippen LogP contribution >= 0.6 is 0 Å². The number of anilines is 1. The average Bonchev–Trinajstić information content (AvgIpc) is 2.67. The van der Waals surface area contributed by atoms with Gasteiger partial charge in [-0.15, -0.1) is 0 Å². The number of pyridine rings is 2. The number of nitrogens with one attached hydrogen (secondary N) is 1. The van der Waals surface area contributed by atoms with E-state index in [2.05, 4.69) is 15.3 Å². The standard InChI is InChI=1S/C23H27FN4O2/c1-13(2)27-21-16-10-14(15-6-5-9-26-12-15)7-8-17(16)28-18(20(21)22(25)29)11-19(24)23(3,4)30/h5-10,12-13,19,30H,11H2,1-4H3,(H2,25,29)(H,27,28). The van der Waals surface area contributed by atoms with Gasteiger partial charge in [-0.05, 0) is 51.5 Å². The molecule has 2 aromatic heterocycles. The molecule has 4 N–H and O–H groups in total. The van der Waals surface area contributed by atoms with Gasteiger partial charge in [0.15, 0.2) is 0 Å². The predicted molar refractivity (Wildman–Crippen MR) is 117 cm³/mol. The molecular formula is C23H27FN4O2. The van der Waals surface area contributed by atoms with E-state index < -0.39 is 17.7 Å². The Kier molecular flexibility index (Phi) is 6.03. The number of aromatic nitrogens is 2. The first-order valence-corrected chi connectivity index (χ1v) is 9.87. The molecule has 0 saturated heterocycles. The van der Waals surface area contributed by atoms with E-state index in [0.717, 1.165) is 11.1 Å². The second-order valence-electron chi connectivity index (χ2n) is 8.27. The van der Waals surface area contributed by atoms with Gasteiger partial charge in [-0.2, -0.15) is 0 Å². The fourth-order valence-corrected chi connectivity index (χ4v) is 3.30. The molecule has 0 aliphatic carbocycles. The van der Waals surface area contributed by atoms with Gasteiger partial charge in [0.05, 0.1) is 28.1 Å². The van der Waals surface area contributed by atoms with Crippen LogP contribution in [0, 0.1) is 0 Å². The average molecular weight is 410 g/mol. The summed E-state index contributed by atoms with van der Waals surface area (Å²) in [7, 11) is 0. The number of fused-ring (bicyclic) bond motifs is 1. The summed E-state index contributed by atoms with van der Waals surface area (Å²) in [5.74, 6) is -0.697. The van der Waals surface area contributed by atoms with Crippen LogP contribution in [0.3, 0.4) is 0 Å². The van der Waals surface area contributed by atoms with Gasteiger partial charge < -0.3 is 16.2 Å². The fourth-order valence-electron chi connectivity index (χ4n) is 3.30. The SMILES string of the molecule is CC(C)Nc1c(C(N)=O)c(CC(F)C(C)(C)O)nc2ccc(-c3cccnc3)cc12. The highest BCUT2D eigenvalue weighted by atomic mass is 19.1. The highest BCUT2D eigenvalue weighted by molar-refractivity contribution is 6.08. The third kappa shape index (κ3) is 4.57. The molecule has 0 aliphatic heterocycles. The molecule has 1 atom stereocenters. The Labute approximate surface area is 175 Å². The second kappa shape index (κ2) is 8.36. The molecule has 0 radical (unpaired) electrons. The Bertz CT molecular complexity index is 1060. The highest BCUT2D eigenvalue weighted by Gasteiger charge is 2.30. The quantitative estimate of drug-likeness (QED) is 0.549. The number of rotatable bonds is 7. The van der Waals surface area contributed by atoms with Crippen molar-refractivity contribution in [3.8, 4) is 11.1 Å². The Balaban J connectivity index is 2.26. The highest BCUT2D eigenvalue weighted by Crippen LogP contribution is 2.34. The largest absolute Gasteiger partial charge is 0.387 e. The van der Waals surface area contributed by atoms with Gasteiger partial charge in [-0.1, -0.05) is 12.1 Å². The molecule has 7 heteroatoms. The van der Waals surface area contributed by atoms with Crippen LogP contribution in [0.1, 0.15) is 43.7 Å². The molecular weight excluding hydrogens is 383 g/mol. The first-order valence-electron chi connectivity index (χ1n) is 9.87. The summed E-state index contributed by atoms with van der Waals surface area (Å²) in [6.07, 6.45) is 1.62. The van der Waals surface area contributed by atoms with E-state index in [-0.39, 0.29) is 23.7 Å². The zero-order chi connectivity index (χ0) is 22.1. The lowest BCUT2D eigenvalue weighted by Crippen LogP contribution is -2.35. The Morgan fingerprint density at radius 1 is 1.27 bits per heavy atom. The van der Waals surface area contributed by atoms with Crippen molar-refractivity contribution in [2.24, 2.45) is 5.73 Å². The van der Waals surface area contributed by atoms with Gasteiger partial charge in [0, 0.05) is 35.8 Å². The minimum Gasteiger partial charge on any atom is -0.387 e. The number of aliphatic hydroxyl groups is 1. The smallest absolute Gasteiger partial charge is 0.252 e. The molecule has 1 unspecified atom stereocenters. The van der Waals surface area contributed by atoms with Crippen LogP contribution in [0.2, 0.25) is 0 Å². The van der Waals surface area contributed by atoms with Crippen LogP contribution in [-0.2, 0) is 6.42 Å². The molecule has 6 nitrogen and oxygen atoms in total. The van der Waals surface area contributed by atoms with Gasteiger partial charge in [0.25, 0.3) is 5.91 Å². The van der Waals surface area contributed by atoms with Crippen LogP contribution in [0.4, 0.5) is 10.1 Å². The predicted octanol–water partition coefficient (Wildman–Crippen LogP) is 3.87. The lowest BCUT2D eigenvalue weighted by atomic mass is 9.94. The molecule has 30 heavy (non-hydrogen) atoms. The minimum atomic E-state index is -1.61. The lowest BCUT2D eigenvalue weighted by molar-refractivity contribution is -0.00304. The lowest BCUT2D eigenvalue weighted by Gasteiger charge is -2.24. The molecule has 3 aromatic rings. The first kappa shape index (κ1) is 21.6. The number of halogens is 1. The van der Waals surface area contributed by atoms with Gasteiger partial charge in [0.1, 0.15) is 6.17 Å². The van der Waals surface area contributed by atoms with Crippen molar-refractivity contribution < 1.29 is 14.3 Å². The molecule has 3 rings (SSSR count). The maximum absolute atomic E-state index is 14.6.